The molecule has 2 aromatic carbocycles. The number of hydrogen-bond donors (Lipinski definition) is 0. The van der Waals surface area contributed by atoms with Crippen molar-refractivity contribution in [1.29, 1.82) is 0 Å². The molecule has 0 nitrogen and oxygen atoms in total. The molecular weight excluding hydrogens is 312 g/mol. The first-order valence-electron chi connectivity index (χ1n) is 10.1. The van der Waals surface area contributed by atoms with Crippen LogP contribution in [-0.4, -0.2) is 0 Å². The Balaban J connectivity index is 2.14. The van der Waals surface area contributed by atoms with Gasteiger partial charge in [0, 0.05) is 0 Å². The van der Waals surface area contributed by atoms with Crippen LogP contribution >= 0.6 is 0 Å². The smallest absolute Gasteiger partial charge is 0.00517 e. The van der Waals surface area contributed by atoms with Crippen LogP contribution in [0, 0.1) is 0 Å². The summed E-state index contributed by atoms with van der Waals surface area (Å²) in [6.45, 7) is 16.2. The molecule has 0 unspecified atom stereocenters. The van der Waals surface area contributed by atoms with Gasteiger partial charge in [0.25, 0.3) is 0 Å². The summed E-state index contributed by atoms with van der Waals surface area (Å²) >= 11 is 0. The summed E-state index contributed by atoms with van der Waals surface area (Å²) in [6.07, 6.45) is 5.97. The van der Waals surface area contributed by atoms with E-state index in [1.54, 1.807) is 5.57 Å². The van der Waals surface area contributed by atoms with Crippen LogP contribution in [0.15, 0.2) is 42.0 Å². The molecule has 0 aromatic heterocycles. The number of allylic oxidation sites excluding steroid dienone is 1. The van der Waals surface area contributed by atoms with E-state index in [0.717, 1.165) is 6.42 Å². The zero-order valence-electron chi connectivity index (χ0n) is 17.7. The second kappa shape index (κ2) is 6.72. The molecule has 0 fully saturated rings. The van der Waals surface area contributed by atoms with Crippen molar-refractivity contribution >= 4 is 6.08 Å². The molecule has 0 aliphatic heterocycles. The lowest BCUT2D eigenvalue weighted by Gasteiger charge is -2.26. The van der Waals surface area contributed by atoms with E-state index in [4.69, 9.17) is 0 Å². The molecule has 0 heteroatoms. The lowest BCUT2D eigenvalue weighted by atomic mass is 9.78. The van der Waals surface area contributed by atoms with Gasteiger partial charge >= 0.3 is 0 Å². The fourth-order valence-electron chi connectivity index (χ4n) is 3.84. The van der Waals surface area contributed by atoms with Crippen molar-refractivity contribution in [3.63, 3.8) is 0 Å². The highest BCUT2D eigenvalue weighted by atomic mass is 14.3. The first kappa shape index (κ1) is 19.0. The van der Waals surface area contributed by atoms with Gasteiger partial charge in [-0.3, -0.25) is 0 Å². The standard InChI is InChI=1S/C26H34/c1-8-10-18-13-19-11-9-12-23(24(19)14-18)20-15-21(25(2,3)4)17-22(16-20)26(5,6)7/h9,11-13,15-17H,8,10,14H2,1-7H3. The second-order valence-electron chi connectivity index (χ2n) is 9.90. The minimum atomic E-state index is 0.152. The van der Waals surface area contributed by atoms with Crippen molar-refractivity contribution < 1.29 is 0 Å². The maximum absolute atomic E-state index is 2.42. The number of benzene rings is 2. The third-order valence-corrected chi connectivity index (χ3v) is 5.52. The Labute approximate surface area is 160 Å². The van der Waals surface area contributed by atoms with Crippen LogP contribution < -0.4 is 0 Å². The van der Waals surface area contributed by atoms with E-state index in [-0.39, 0.29) is 10.8 Å². The van der Waals surface area contributed by atoms with Gasteiger partial charge in [-0.2, -0.15) is 0 Å². The number of rotatable bonds is 3. The van der Waals surface area contributed by atoms with Gasteiger partial charge in [-0.1, -0.05) is 103 Å². The van der Waals surface area contributed by atoms with E-state index in [1.807, 2.05) is 0 Å². The van der Waals surface area contributed by atoms with Gasteiger partial charge in [0.05, 0.1) is 0 Å². The largest absolute Gasteiger partial charge is 0.0652 e. The first-order chi connectivity index (χ1) is 12.1. The maximum Gasteiger partial charge on any atom is -0.00517 e. The zero-order valence-corrected chi connectivity index (χ0v) is 17.7. The van der Waals surface area contributed by atoms with Crippen LogP contribution in [-0.2, 0) is 17.3 Å². The van der Waals surface area contributed by atoms with Gasteiger partial charge in [-0.15, -0.1) is 0 Å². The van der Waals surface area contributed by atoms with Crippen molar-refractivity contribution in [3.05, 3.63) is 64.2 Å². The van der Waals surface area contributed by atoms with Gasteiger partial charge in [0.1, 0.15) is 0 Å². The summed E-state index contributed by atoms with van der Waals surface area (Å²) in [4.78, 5) is 0. The van der Waals surface area contributed by atoms with Crippen LogP contribution in [0.3, 0.4) is 0 Å². The summed E-state index contributed by atoms with van der Waals surface area (Å²) in [5.41, 5.74) is 10.5. The third kappa shape index (κ3) is 3.80. The summed E-state index contributed by atoms with van der Waals surface area (Å²) in [5, 5.41) is 0. The van der Waals surface area contributed by atoms with Gasteiger partial charge in [-0.05, 0) is 57.1 Å². The Morgan fingerprint density at radius 2 is 1.46 bits per heavy atom. The molecule has 0 N–H and O–H groups in total. The molecule has 0 atom stereocenters. The number of hydrogen-bond acceptors (Lipinski definition) is 0. The average Bonchev–Trinajstić information content (AvgIpc) is 2.95. The summed E-state index contributed by atoms with van der Waals surface area (Å²) in [5.74, 6) is 0. The van der Waals surface area contributed by atoms with Crippen molar-refractivity contribution in [3.8, 4) is 11.1 Å². The molecule has 3 rings (SSSR count). The van der Waals surface area contributed by atoms with Gasteiger partial charge < -0.3 is 0 Å². The molecule has 0 saturated heterocycles. The number of fused-ring (bicyclic) bond motifs is 1. The molecule has 1 aliphatic rings. The molecule has 0 heterocycles. The molecule has 1 aliphatic carbocycles. The molecule has 0 amide bonds. The van der Waals surface area contributed by atoms with E-state index >= 15 is 0 Å². The van der Waals surface area contributed by atoms with Crippen LogP contribution in [0.5, 0.6) is 0 Å². The fourth-order valence-corrected chi connectivity index (χ4v) is 3.84. The normalized spacial score (nSPS) is 14.3. The quantitative estimate of drug-likeness (QED) is 0.534. The van der Waals surface area contributed by atoms with Gasteiger partial charge in [0.15, 0.2) is 0 Å². The van der Waals surface area contributed by atoms with Crippen LogP contribution in [0.1, 0.15) is 83.6 Å². The van der Waals surface area contributed by atoms with E-state index in [2.05, 4.69) is 90.9 Å². The van der Waals surface area contributed by atoms with Crippen molar-refractivity contribution in [2.45, 2.75) is 78.6 Å². The van der Waals surface area contributed by atoms with Crippen molar-refractivity contribution in [1.82, 2.24) is 0 Å². The molecule has 2 aromatic rings. The average molecular weight is 347 g/mol. The predicted molar refractivity (Wildman–Crippen MR) is 116 cm³/mol. The molecule has 0 saturated carbocycles. The zero-order chi connectivity index (χ0) is 19.1. The second-order valence-corrected chi connectivity index (χ2v) is 9.90. The van der Waals surface area contributed by atoms with Crippen molar-refractivity contribution in [2.75, 3.05) is 0 Å². The third-order valence-electron chi connectivity index (χ3n) is 5.52. The van der Waals surface area contributed by atoms with E-state index in [1.165, 1.54) is 46.2 Å². The highest BCUT2D eigenvalue weighted by molar-refractivity contribution is 5.78. The molecule has 26 heavy (non-hydrogen) atoms. The summed E-state index contributed by atoms with van der Waals surface area (Å²) in [7, 11) is 0. The molecular formula is C26H34. The van der Waals surface area contributed by atoms with E-state index < -0.39 is 0 Å². The van der Waals surface area contributed by atoms with Crippen LogP contribution in [0.25, 0.3) is 17.2 Å². The lowest BCUT2D eigenvalue weighted by Crippen LogP contribution is -2.16. The Hall–Kier alpha value is -1.82. The minimum absolute atomic E-state index is 0.152. The SMILES string of the molecule is CCCC1=Cc2cccc(-c3cc(C(C)(C)C)cc(C(C)(C)C)c3)c2C1. The highest BCUT2D eigenvalue weighted by Crippen LogP contribution is 2.39. The van der Waals surface area contributed by atoms with Crippen molar-refractivity contribution in [2.24, 2.45) is 0 Å². The molecule has 0 radical (unpaired) electrons. The fraction of sp³-hybridized carbons (Fsp3) is 0.462. The highest BCUT2D eigenvalue weighted by Gasteiger charge is 2.23. The first-order valence-corrected chi connectivity index (χ1v) is 10.1. The molecule has 0 bridgehead atoms. The Kier molecular flexibility index (Phi) is 4.90. The summed E-state index contributed by atoms with van der Waals surface area (Å²) < 4.78 is 0. The monoisotopic (exact) mass is 346 g/mol. The van der Waals surface area contributed by atoms with Gasteiger partial charge in [0.2, 0.25) is 0 Å². The van der Waals surface area contributed by atoms with Crippen LogP contribution in [0.2, 0.25) is 0 Å². The van der Waals surface area contributed by atoms with E-state index in [0.29, 0.717) is 0 Å². The van der Waals surface area contributed by atoms with E-state index in [9.17, 15) is 0 Å². The predicted octanol–water partition coefficient (Wildman–Crippen LogP) is 7.69. The van der Waals surface area contributed by atoms with Crippen LogP contribution in [0.4, 0.5) is 0 Å². The molecule has 0 spiro atoms. The summed E-state index contributed by atoms with van der Waals surface area (Å²) in [6, 6.07) is 14.1. The van der Waals surface area contributed by atoms with Gasteiger partial charge in [-0.25, -0.2) is 0 Å². The Bertz CT molecular complexity index is 803. The Morgan fingerprint density at radius 1 is 0.846 bits per heavy atom. The minimum Gasteiger partial charge on any atom is -0.0652 e. The molecule has 138 valence electrons. The topological polar surface area (TPSA) is 0 Å². The Morgan fingerprint density at radius 3 is 2.00 bits per heavy atom. The maximum atomic E-state index is 2.42. The lowest BCUT2D eigenvalue weighted by molar-refractivity contribution is 0.569.